The maximum atomic E-state index is 13.8. The molecular formula is C11H9BrClFN2S. The molecule has 90 valence electrons. The number of benzene rings is 1. The predicted octanol–water partition coefficient (Wildman–Crippen LogP) is 4.28. The summed E-state index contributed by atoms with van der Waals surface area (Å²) in [5, 5.41) is 9.53. The second-order valence-electron chi connectivity index (χ2n) is 3.39. The molecule has 1 aromatic heterocycles. The number of aromatic nitrogens is 2. The van der Waals surface area contributed by atoms with Crippen LogP contribution in [0.15, 0.2) is 22.7 Å². The van der Waals surface area contributed by atoms with Gasteiger partial charge in [0.1, 0.15) is 10.8 Å². The third-order valence-corrected chi connectivity index (χ3v) is 4.07. The number of halogens is 3. The predicted molar refractivity (Wildman–Crippen MR) is 72.0 cm³/mol. The van der Waals surface area contributed by atoms with E-state index in [1.807, 2.05) is 0 Å². The normalized spacial score (nSPS) is 10.8. The quantitative estimate of drug-likeness (QED) is 0.779. The topological polar surface area (TPSA) is 25.8 Å². The highest BCUT2D eigenvalue weighted by molar-refractivity contribution is 9.10. The van der Waals surface area contributed by atoms with Crippen molar-refractivity contribution < 1.29 is 4.39 Å². The van der Waals surface area contributed by atoms with Crippen LogP contribution in [0.2, 0.25) is 0 Å². The zero-order valence-electron chi connectivity index (χ0n) is 8.79. The molecule has 0 amide bonds. The van der Waals surface area contributed by atoms with Crippen LogP contribution in [0.1, 0.15) is 11.4 Å². The van der Waals surface area contributed by atoms with E-state index < -0.39 is 0 Å². The van der Waals surface area contributed by atoms with Crippen LogP contribution in [0.5, 0.6) is 0 Å². The molecular weight excluding hydrogens is 327 g/mol. The Balaban J connectivity index is 2.27. The van der Waals surface area contributed by atoms with E-state index in [9.17, 15) is 4.39 Å². The summed E-state index contributed by atoms with van der Waals surface area (Å²) in [5.41, 5.74) is 0.481. The molecule has 0 N–H and O–H groups in total. The van der Waals surface area contributed by atoms with Crippen molar-refractivity contribution in [1.29, 1.82) is 0 Å². The first kappa shape index (κ1) is 12.9. The Morgan fingerprint density at radius 3 is 2.94 bits per heavy atom. The first-order valence-electron chi connectivity index (χ1n) is 5.05. The maximum Gasteiger partial charge on any atom is 0.150 e. The molecule has 0 aliphatic carbocycles. The molecule has 1 heterocycles. The van der Waals surface area contributed by atoms with E-state index in [1.165, 1.54) is 11.3 Å². The molecule has 0 unspecified atom stereocenters. The summed E-state index contributed by atoms with van der Waals surface area (Å²) < 4.78 is 14.3. The van der Waals surface area contributed by atoms with Crippen molar-refractivity contribution in [3.63, 3.8) is 0 Å². The fourth-order valence-corrected chi connectivity index (χ4v) is 2.75. The molecule has 1 aromatic carbocycles. The minimum Gasteiger partial charge on any atom is -0.205 e. The van der Waals surface area contributed by atoms with Crippen LogP contribution in [-0.4, -0.2) is 16.1 Å². The molecule has 17 heavy (non-hydrogen) atoms. The lowest BCUT2D eigenvalue weighted by Gasteiger charge is -1.99. The molecule has 2 aromatic rings. The standard InChI is InChI=1S/C11H9BrClFN2S/c12-8-4-1-3-7(10(8)14)11-16-15-9(17-11)5-2-6-13/h1,3-4H,2,5-6H2. The molecule has 6 heteroatoms. The van der Waals surface area contributed by atoms with Gasteiger partial charge in [-0.05, 0) is 34.5 Å². The molecule has 0 aliphatic rings. The monoisotopic (exact) mass is 334 g/mol. The van der Waals surface area contributed by atoms with Gasteiger partial charge in [0.15, 0.2) is 5.01 Å². The highest BCUT2D eigenvalue weighted by atomic mass is 79.9. The molecule has 2 nitrogen and oxygen atoms in total. The van der Waals surface area contributed by atoms with Crippen LogP contribution >= 0.6 is 38.9 Å². The van der Waals surface area contributed by atoms with Gasteiger partial charge in [-0.15, -0.1) is 21.8 Å². The molecule has 0 radical (unpaired) electrons. The van der Waals surface area contributed by atoms with E-state index in [2.05, 4.69) is 26.1 Å². The highest BCUT2D eigenvalue weighted by Crippen LogP contribution is 2.30. The Kier molecular flexibility index (Phi) is 4.48. The molecule has 0 saturated heterocycles. The Morgan fingerprint density at radius 1 is 1.35 bits per heavy atom. The fraction of sp³-hybridized carbons (Fsp3) is 0.273. The largest absolute Gasteiger partial charge is 0.205 e. The van der Waals surface area contributed by atoms with Gasteiger partial charge in [0, 0.05) is 17.9 Å². The summed E-state index contributed by atoms with van der Waals surface area (Å²) in [4.78, 5) is 0. The zero-order valence-corrected chi connectivity index (χ0v) is 11.9. The van der Waals surface area contributed by atoms with Crippen LogP contribution < -0.4 is 0 Å². The lowest BCUT2D eigenvalue weighted by Crippen LogP contribution is -1.85. The van der Waals surface area contributed by atoms with Crippen LogP contribution in [0.4, 0.5) is 4.39 Å². The van der Waals surface area contributed by atoms with Crippen LogP contribution in [-0.2, 0) is 6.42 Å². The molecule has 0 fully saturated rings. The van der Waals surface area contributed by atoms with Gasteiger partial charge in [-0.3, -0.25) is 0 Å². The SMILES string of the molecule is Fc1c(Br)cccc1-c1nnc(CCCCl)s1. The maximum absolute atomic E-state index is 13.8. The zero-order chi connectivity index (χ0) is 12.3. The van der Waals surface area contributed by atoms with Crippen molar-refractivity contribution in [2.75, 3.05) is 5.88 Å². The number of nitrogens with zero attached hydrogens (tertiary/aromatic N) is 2. The Hall–Kier alpha value is -0.520. The van der Waals surface area contributed by atoms with Crippen LogP contribution in [0, 0.1) is 5.82 Å². The number of alkyl halides is 1. The van der Waals surface area contributed by atoms with E-state index in [0.717, 1.165) is 17.8 Å². The van der Waals surface area contributed by atoms with Crippen molar-refractivity contribution >= 4 is 38.9 Å². The van der Waals surface area contributed by atoms with Crippen molar-refractivity contribution in [2.24, 2.45) is 0 Å². The van der Waals surface area contributed by atoms with Crippen molar-refractivity contribution in [2.45, 2.75) is 12.8 Å². The van der Waals surface area contributed by atoms with Crippen molar-refractivity contribution in [3.05, 3.63) is 33.5 Å². The molecule has 0 saturated carbocycles. The highest BCUT2D eigenvalue weighted by Gasteiger charge is 2.12. The van der Waals surface area contributed by atoms with E-state index in [-0.39, 0.29) is 5.82 Å². The van der Waals surface area contributed by atoms with Gasteiger partial charge < -0.3 is 0 Å². The number of rotatable bonds is 4. The Bertz CT molecular complexity index is 518. The van der Waals surface area contributed by atoms with E-state index in [4.69, 9.17) is 11.6 Å². The third kappa shape index (κ3) is 3.03. The van der Waals surface area contributed by atoms with Crippen LogP contribution in [0.3, 0.4) is 0 Å². The van der Waals surface area contributed by atoms with Gasteiger partial charge in [-0.1, -0.05) is 17.4 Å². The summed E-state index contributed by atoms with van der Waals surface area (Å²) in [5.74, 6) is 0.299. The van der Waals surface area contributed by atoms with E-state index in [0.29, 0.717) is 20.9 Å². The number of hydrogen-bond donors (Lipinski definition) is 0. The number of aryl methyl sites for hydroxylation is 1. The van der Waals surface area contributed by atoms with Gasteiger partial charge in [-0.2, -0.15) is 0 Å². The van der Waals surface area contributed by atoms with Gasteiger partial charge in [0.2, 0.25) is 0 Å². The third-order valence-electron chi connectivity index (χ3n) is 2.17. The smallest absolute Gasteiger partial charge is 0.150 e. The first-order valence-corrected chi connectivity index (χ1v) is 7.19. The lowest BCUT2D eigenvalue weighted by atomic mass is 10.2. The summed E-state index contributed by atoms with van der Waals surface area (Å²) >= 11 is 10.2. The minimum atomic E-state index is -0.299. The fourth-order valence-electron chi connectivity index (χ4n) is 1.35. The van der Waals surface area contributed by atoms with E-state index in [1.54, 1.807) is 18.2 Å². The average Bonchev–Trinajstić information content (AvgIpc) is 2.78. The van der Waals surface area contributed by atoms with Gasteiger partial charge in [-0.25, -0.2) is 4.39 Å². The summed E-state index contributed by atoms with van der Waals surface area (Å²) in [6.07, 6.45) is 1.65. The second-order valence-corrected chi connectivity index (χ2v) is 5.69. The molecule has 0 bridgehead atoms. The van der Waals surface area contributed by atoms with Gasteiger partial charge >= 0.3 is 0 Å². The van der Waals surface area contributed by atoms with Gasteiger partial charge in [0.25, 0.3) is 0 Å². The first-order chi connectivity index (χ1) is 8.22. The second kappa shape index (κ2) is 5.89. The van der Waals surface area contributed by atoms with Crippen LogP contribution in [0.25, 0.3) is 10.6 Å². The molecule has 0 aliphatic heterocycles. The molecule has 0 spiro atoms. The van der Waals surface area contributed by atoms with Gasteiger partial charge in [0.05, 0.1) is 4.47 Å². The molecule has 0 atom stereocenters. The Morgan fingerprint density at radius 2 is 2.18 bits per heavy atom. The number of hydrogen-bond acceptors (Lipinski definition) is 3. The summed E-state index contributed by atoms with van der Waals surface area (Å²) in [7, 11) is 0. The lowest BCUT2D eigenvalue weighted by molar-refractivity contribution is 0.624. The average molecular weight is 336 g/mol. The van der Waals surface area contributed by atoms with Crippen molar-refractivity contribution in [1.82, 2.24) is 10.2 Å². The summed E-state index contributed by atoms with van der Waals surface area (Å²) in [6.45, 7) is 0. The summed E-state index contributed by atoms with van der Waals surface area (Å²) in [6, 6.07) is 5.14. The van der Waals surface area contributed by atoms with E-state index >= 15 is 0 Å². The Labute approximate surface area is 116 Å². The molecule has 2 rings (SSSR count). The minimum absolute atomic E-state index is 0.299. The van der Waals surface area contributed by atoms with Crippen molar-refractivity contribution in [3.8, 4) is 10.6 Å².